The van der Waals surface area contributed by atoms with Crippen molar-refractivity contribution in [2.24, 2.45) is 0 Å². The molecule has 0 spiro atoms. The van der Waals surface area contributed by atoms with Crippen LogP contribution in [0.1, 0.15) is 25.8 Å². The van der Waals surface area contributed by atoms with Crippen LogP contribution < -0.4 is 0 Å². The summed E-state index contributed by atoms with van der Waals surface area (Å²) in [6.45, 7) is 4.89. The van der Waals surface area contributed by atoms with Crippen LogP contribution in [0.25, 0.3) is 0 Å². The number of ketones is 2. The molecule has 0 atom stereocenters. The van der Waals surface area contributed by atoms with E-state index in [4.69, 9.17) is 0 Å². The molecule has 3 heteroatoms. The minimum absolute atomic E-state index is 0. The summed E-state index contributed by atoms with van der Waals surface area (Å²) in [6, 6.07) is 10.3. The second-order valence-corrected chi connectivity index (χ2v) is 3.24. The van der Waals surface area contributed by atoms with Crippen molar-refractivity contribution < 1.29 is 9.59 Å². The number of benzene rings is 1. The van der Waals surface area contributed by atoms with Crippen LogP contribution in [-0.4, -0.2) is 28.9 Å². The van der Waals surface area contributed by atoms with Gasteiger partial charge in [-0.25, -0.2) is 0 Å². The minimum Gasteiger partial charge on any atom is -0.300 e. The van der Waals surface area contributed by atoms with Crippen LogP contribution in [0.3, 0.4) is 0 Å². The lowest BCUT2D eigenvalue weighted by Crippen LogP contribution is -1.97. The van der Waals surface area contributed by atoms with E-state index in [2.05, 4.69) is 19.1 Å². The lowest BCUT2D eigenvalue weighted by molar-refractivity contribution is -0.124. The molecule has 0 unspecified atom stereocenters. The fourth-order valence-corrected chi connectivity index (χ4v) is 0.885. The van der Waals surface area contributed by atoms with Crippen LogP contribution in [0.15, 0.2) is 30.3 Å². The molecule has 2 nitrogen and oxygen atoms in total. The van der Waals surface area contributed by atoms with E-state index in [0.29, 0.717) is 0 Å². The third kappa shape index (κ3) is 13.1. The van der Waals surface area contributed by atoms with Crippen LogP contribution in [0.2, 0.25) is 0 Å². The molecule has 0 heterocycles. The van der Waals surface area contributed by atoms with Crippen molar-refractivity contribution in [3.8, 4) is 0 Å². The second-order valence-electron chi connectivity index (χ2n) is 3.24. The quantitative estimate of drug-likeness (QED) is 0.559. The highest BCUT2D eigenvalue weighted by molar-refractivity contribution is 5.96. The van der Waals surface area contributed by atoms with Gasteiger partial charge in [-0.2, -0.15) is 0 Å². The van der Waals surface area contributed by atoms with Gasteiger partial charge in [-0.15, -0.1) is 0 Å². The van der Waals surface area contributed by atoms with Crippen LogP contribution in [0.5, 0.6) is 0 Å². The molecule has 0 aliphatic rings. The Kier molecular flexibility index (Phi) is 10.6. The summed E-state index contributed by atoms with van der Waals surface area (Å²) in [7, 11) is 0. The van der Waals surface area contributed by atoms with Gasteiger partial charge < -0.3 is 0 Å². The molecular formula is C12H19AlO2. The molecule has 0 radical (unpaired) electrons. The van der Waals surface area contributed by atoms with Crippen molar-refractivity contribution in [2.45, 2.75) is 27.2 Å². The van der Waals surface area contributed by atoms with Crippen LogP contribution >= 0.6 is 0 Å². The monoisotopic (exact) mass is 222 g/mol. The Morgan fingerprint density at radius 2 is 1.40 bits per heavy atom. The molecule has 0 aliphatic heterocycles. The first-order valence-electron chi connectivity index (χ1n) is 4.53. The van der Waals surface area contributed by atoms with Gasteiger partial charge >= 0.3 is 0 Å². The van der Waals surface area contributed by atoms with Crippen molar-refractivity contribution in [3.63, 3.8) is 0 Å². The number of carbonyl (C=O) groups is 2. The molecule has 1 rings (SSSR count). The van der Waals surface area contributed by atoms with Gasteiger partial charge in [0.15, 0.2) is 17.4 Å². The predicted octanol–water partition coefficient (Wildman–Crippen LogP) is 1.37. The Hall–Kier alpha value is -0.908. The molecule has 1 aromatic carbocycles. The average molecular weight is 222 g/mol. The van der Waals surface area contributed by atoms with Crippen LogP contribution in [-0.2, 0) is 9.59 Å². The predicted molar refractivity (Wildman–Crippen MR) is 67.1 cm³/mol. The van der Waals surface area contributed by atoms with Crippen molar-refractivity contribution in [1.29, 1.82) is 0 Å². The third-order valence-electron chi connectivity index (χ3n) is 1.44. The summed E-state index contributed by atoms with van der Waals surface area (Å²) < 4.78 is 0. The Bertz CT molecular complexity index is 282. The third-order valence-corrected chi connectivity index (χ3v) is 1.44. The average Bonchev–Trinajstić information content (AvgIpc) is 2.03. The van der Waals surface area contributed by atoms with E-state index in [1.807, 2.05) is 18.2 Å². The van der Waals surface area contributed by atoms with Gasteiger partial charge in [-0.3, -0.25) is 9.59 Å². The summed E-state index contributed by atoms with van der Waals surface area (Å²) in [4.78, 5) is 20.1. The maximum Gasteiger partial charge on any atom is 0.187 e. The van der Waals surface area contributed by atoms with Gasteiger partial charge in [0.05, 0.1) is 6.42 Å². The molecule has 0 aliphatic carbocycles. The number of hydrogen-bond acceptors (Lipinski definition) is 2. The molecule has 82 valence electrons. The Balaban J connectivity index is 0. The molecule has 0 saturated heterocycles. The van der Waals surface area contributed by atoms with Crippen LogP contribution in [0.4, 0.5) is 0 Å². The number of carbonyl (C=O) groups excluding carboxylic acids is 2. The van der Waals surface area contributed by atoms with Crippen molar-refractivity contribution in [2.75, 3.05) is 0 Å². The highest BCUT2D eigenvalue weighted by atomic mass is 27.0. The van der Waals surface area contributed by atoms with E-state index >= 15 is 0 Å². The van der Waals surface area contributed by atoms with Crippen molar-refractivity contribution in [3.05, 3.63) is 35.9 Å². The van der Waals surface area contributed by atoms with Crippen molar-refractivity contribution in [1.82, 2.24) is 0 Å². The lowest BCUT2D eigenvalue weighted by Gasteiger charge is -1.82. The summed E-state index contributed by atoms with van der Waals surface area (Å²) in [5.74, 6) is -0.125. The number of hydrogen-bond donors (Lipinski definition) is 0. The zero-order valence-corrected chi connectivity index (χ0v) is 8.91. The first-order chi connectivity index (χ1) is 6.52. The van der Waals surface area contributed by atoms with Crippen LogP contribution in [0, 0.1) is 6.92 Å². The van der Waals surface area contributed by atoms with Crippen molar-refractivity contribution >= 4 is 28.9 Å². The SMILES string of the molecule is CC(=O)CC(C)=O.Cc1ccccc1.[AlH3]. The smallest absolute Gasteiger partial charge is 0.187 e. The second kappa shape index (κ2) is 9.64. The molecule has 15 heavy (non-hydrogen) atoms. The summed E-state index contributed by atoms with van der Waals surface area (Å²) in [6.07, 6.45) is 0.0833. The van der Waals surface area contributed by atoms with Gasteiger partial charge in [0.1, 0.15) is 11.6 Å². The van der Waals surface area contributed by atoms with E-state index < -0.39 is 0 Å². The molecular weight excluding hydrogens is 203 g/mol. The highest BCUT2D eigenvalue weighted by Crippen LogP contribution is 1.92. The van der Waals surface area contributed by atoms with Gasteiger partial charge in [0, 0.05) is 0 Å². The zero-order valence-electron chi connectivity index (χ0n) is 8.91. The largest absolute Gasteiger partial charge is 0.300 e. The lowest BCUT2D eigenvalue weighted by atomic mass is 10.2. The minimum atomic E-state index is -0.0625. The molecule has 0 fully saturated rings. The molecule has 0 N–H and O–H groups in total. The first-order valence-corrected chi connectivity index (χ1v) is 4.53. The van der Waals surface area contributed by atoms with Gasteiger partial charge in [0.25, 0.3) is 0 Å². The van der Waals surface area contributed by atoms with E-state index in [9.17, 15) is 9.59 Å². The zero-order chi connectivity index (χ0) is 11.0. The maximum absolute atomic E-state index is 10.0. The molecule has 0 amide bonds. The molecule has 0 saturated carbocycles. The first kappa shape index (κ1) is 16.5. The van der Waals surface area contributed by atoms with E-state index in [1.165, 1.54) is 19.4 Å². The molecule has 0 bridgehead atoms. The number of rotatable bonds is 2. The molecule has 0 aromatic heterocycles. The Morgan fingerprint density at radius 3 is 1.53 bits per heavy atom. The van der Waals surface area contributed by atoms with Gasteiger partial charge in [-0.05, 0) is 20.8 Å². The fraction of sp³-hybridized carbons (Fsp3) is 0.333. The highest BCUT2D eigenvalue weighted by Gasteiger charge is 1.94. The van der Waals surface area contributed by atoms with E-state index in [0.717, 1.165) is 0 Å². The fourth-order valence-electron chi connectivity index (χ4n) is 0.885. The summed E-state index contributed by atoms with van der Waals surface area (Å²) >= 11 is 0. The number of Topliss-reactive ketones (excluding diaryl/α,β-unsaturated/α-hetero) is 2. The normalized spacial score (nSPS) is 7.93. The topological polar surface area (TPSA) is 34.1 Å². The summed E-state index contributed by atoms with van der Waals surface area (Å²) in [5.41, 5.74) is 1.32. The standard InChI is InChI=1S/C7H8.C5H8O2.Al.3H/c1-7-5-3-2-4-6-7;1-4(6)3-5(2)7;;;;/h2-6H,1H3;3H2,1-2H3;;;;. The summed E-state index contributed by atoms with van der Waals surface area (Å²) in [5, 5.41) is 0. The van der Waals surface area contributed by atoms with E-state index in [1.54, 1.807) is 0 Å². The van der Waals surface area contributed by atoms with Gasteiger partial charge in [0.2, 0.25) is 0 Å². The maximum atomic E-state index is 10.0. The Morgan fingerprint density at radius 1 is 1.00 bits per heavy atom. The Labute approximate surface area is 102 Å². The number of aryl methyl sites for hydroxylation is 1. The van der Waals surface area contributed by atoms with E-state index in [-0.39, 0.29) is 35.3 Å². The van der Waals surface area contributed by atoms with Gasteiger partial charge in [-0.1, -0.05) is 35.9 Å². The molecule has 1 aromatic rings.